The maximum absolute atomic E-state index is 11.4. The quantitative estimate of drug-likeness (QED) is 0.861. The third kappa shape index (κ3) is 2.50. The van der Waals surface area contributed by atoms with Crippen molar-refractivity contribution >= 4 is 22.0 Å². The van der Waals surface area contributed by atoms with Crippen LogP contribution in [0.15, 0.2) is 4.73 Å². The summed E-state index contributed by atoms with van der Waals surface area (Å²) in [6.07, 6.45) is 0.508. The lowest BCUT2D eigenvalue weighted by molar-refractivity contribution is 0.0599. The Balaban J connectivity index is 2.23. The van der Waals surface area contributed by atoms with E-state index < -0.39 is 11.6 Å². The summed E-state index contributed by atoms with van der Waals surface area (Å²) in [4.78, 5) is 17.2. The van der Waals surface area contributed by atoms with Crippen LogP contribution in [0.3, 0.4) is 0 Å². The molecule has 1 N–H and O–H groups in total. The van der Waals surface area contributed by atoms with Gasteiger partial charge in [0, 0.05) is 24.5 Å². The van der Waals surface area contributed by atoms with Crippen molar-refractivity contribution < 1.29 is 9.90 Å². The highest BCUT2D eigenvalue weighted by atomic mass is 79.9. The molecule has 1 unspecified atom stereocenters. The molecule has 7 heteroatoms. The number of amides is 1. The molecular formula is C11H17BrN4O2. The van der Waals surface area contributed by atoms with E-state index in [1.807, 2.05) is 25.5 Å². The molecule has 18 heavy (non-hydrogen) atoms. The fourth-order valence-corrected chi connectivity index (χ4v) is 2.87. The second-order valence-electron chi connectivity index (χ2n) is 5.49. The molecule has 1 aliphatic rings. The number of hydrogen-bond donors (Lipinski definition) is 1. The molecule has 0 aromatic carbocycles. The predicted octanol–water partition coefficient (Wildman–Crippen LogP) is 2.13. The molecule has 0 spiro atoms. The van der Waals surface area contributed by atoms with Crippen LogP contribution < -0.4 is 0 Å². The summed E-state index contributed by atoms with van der Waals surface area (Å²) in [6, 6.07) is -0.0360. The topological polar surface area (TPSA) is 71.2 Å². The lowest BCUT2D eigenvalue weighted by Gasteiger charge is -2.40. The van der Waals surface area contributed by atoms with Crippen LogP contribution in [0.4, 0.5) is 4.79 Å². The SMILES string of the molecule is CC(C)(C)N(C(=O)O)C1CCn2nc(Br)nc2C1. The summed E-state index contributed by atoms with van der Waals surface area (Å²) in [6.45, 7) is 6.45. The number of aryl methyl sites for hydroxylation is 1. The first-order chi connectivity index (χ1) is 8.29. The van der Waals surface area contributed by atoms with E-state index in [2.05, 4.69) is 26.0 Å². The highest BCUT2D eigenvalue weighted by molar-refractivity contribution is 9.10. The minimum Gasteiger partial charge on any atom is -0.465 e. The van der Waals surface area contributed by atoms with Crippen LogP contribution in [0.25, 0.3) is 0 Å². The fourth-order valence-electron chi connectivity index (χ4n) is 2.47. The standard InChI is InChI=1S/C11H17BrN4O2/c1-11(2,3)16(10(17)18)7-4-5-15-8(6-7)13-9(12)14-15/h7H,4-6H2,1-3H3,(H,17,18). The highest BCUT2D eigenvalue weighted by Gasteiger charge is 2.36. The van der Waals surface area contributed by atoms with E-state index in [4.69, 9.17) is 0 Å². The van der Waals surface area contributed by atoms with E-state index in [9.17, 15) is 9.90 Å². The number of fused-ring (bicyclic) bond motifs is 1. The lowest BCUT2D eigenvalue weighted by Crippen LogP contribution is -2.53. The number of carboxylic acid groups (broad SMARTS) is 1. The van der Waals surface area contributed by atoms with Crippen molar-refractivity contribution in [3.05, 3.63) is 10.6 Å². The summed E-state index contributed by atoms with van der Waals surface area (Å²) >= 11 is 3.24. The third-order valence-electron chi connectivity index (χ3n) is 3.11. The molecule has 0 fully saturated rings. The molecule has 1 aliphatic heterocycles. The summed E-state index contributed by atoms with van der Waals surface area (Å²) in [7, 11) is 0. The summed E-state index contributed by atoms with van der Waals surface area (Å²) in [5.74, 6) is 0.841. The molecule has 1 aromatic rings. The van der Waals surface area contributed by atoms with Crippen molar-refractivity contribution in [2.45, 2.75) is 51.7 Å². The maximum atomic E-state index is 11.4. The zero-order valence-electron chi connectivity index (χ0n) is 10.7. The highest BCUT2D eigenvalue weighted by Crippen LogP contribution is 2.25. The minimum atomic E-state index is -0.875. The number of hydrogen-bond acceptors (Lipinski definition) is 3. The molecule has 6 nitrogen and oxygen atoms in total. The largest absolute Gasteiger partial charge is 0.465 e. The van der Waals surface area contributed by atoms with Gasteiger partial charge >= 0.3 is 6.09 Å². The Kier molecular flexibility index (Phi) is 3.35. The molecule has 0 saturated carbocycles. The molecule has 2 heterocycles. The average Bonchev–Trinajstić information content (AvgIpc) is 2.54. The van der Waals surface area contributed by atoms with Gasteiger partial charge in [-0.25, -0.2) is 14.5 Å². The second kappa shape index (κ2) is 4.53. The Morgan fingerprint density at radius 1 is 1.56 bits per heavy atom. The van der Waals surface area contributed by atoms with Gasteiger partial charge in [-0.15, -0.1) is 5.10 Å². The van der Waals surface area contributed by atoms with Crippen molar-refractivity contribution in [1.29, 1.82) is 0 Å². The van der Waals surface area contributed by atoms with Crippen LogP contribution >= 0.6 is 15.9 Å². The van der Waals surface area contributed by atoms with Gasteiger partial charge in [-0.3, -0.25) is 0 Å². The first kappa shape index (κ1) is 13.3. The molecule has 0 bridgehead atoms. The van der Waals surface area contributed by atoms with E-state index in [1.54, 1.807) is 0 Å². The van der Waals surface area contributed by atoms with Crippen molar-refractivity contribution in [2.24, 2.45) is 0 Å². The summed E-state index contributed by atoms with van der Waals surface area (Å²) < 4.78 is 2.40. The van der Waals surface area contributed by atoms with Gasteiger partial charge in [0.15, 0.2) is 0 Å². The first-order valence-corrected chi connectivity index (χ1v) is 6.70. The molecular weight excluding hydrogens is 300 g/mol. The zero-order valence-corrected chi connectivity index (χ0v) is 12.3. The van der Waals surface area contributed by atoms with Gasteiger partial charge in [0.25, 0.3) is 0 Å². The van der Waals surface area contributed by atoms with Gasteiger partial charge in [-0.05, 0) is 43.1 Å². The molecule has 1 amide bonds. The van der Waals surface area contributed by atoms with Crippen molar-refractivity contribution in [1.82, 2.24) is 19.7 Å². The Bertz CT molecular complexity index is 466. The number of halogens is 1. The van der Waals surface area contributed by atoms with Crippen molar-refractivity contribution in [3.63, 3.8) is 0 Å². The third-order valence-corrected chi connectivity index (χ3v) is 3.44. The Labute approximate surface area is 114 Å². The van der Waals surface area contributed by atoms with Gasteiger partial charge < -0.3 is 10.0 Å². The second-order valence-corrected chi connectivity index (χ2v) is 6.20. The number of aromatic nitrogens is 3. The lowest BCUT2D eigenvalue weighted by atomic mass is 9.98. The van der Waals surface area contributed by atoms with Gasteiger partial charge in [0.2, 0.25) is 4.73 Å². The molecule has 0 saturated heterocycles. The number of nitrogens with zero attached hydrogens (tertiary/aromatic N) is 4. The van der Waals surface area contributed by atoms with Crippen LogP contribution in [-0.2, 0) is 13.0 Å². The molecule has 1 atom stereocenters. The molecule has 2 rings (SSSR count). The Morgan fingerprint density at radius 3 is 2.78 bits per heavy atom. The average molecular weight is 317 g/mol. The van der Waals surface area contributed by atoms with Crippen LogP contribution in [0.1, 0.15) is 33.0 Å². The summed E-state index contributed by atoms with van der Waals surface area (Å²) in [5.41, 5.74) is -0.407. The normalized spacial score (nSPS) is 19.4. The number of rotatable bonds is 1. The molecule has 0 radical (unpaired) electrons. The van der Waals surface area contributed by atoms with Gasteiger partial charge in [0.05, 0.1) is 0 Å². The first-order valence-electron chi connectivity index (χ1n) is 5.90. The maximum Gasteiger partial charge on any atom is 0.407 e. The van der Waals surface area contributed by atoms with Crippen LogP contribution in [-0.4, -0.2) is 42.4 Å². The van der Waals surface area contributed by atoms with E-state index in [-0.39, 0.29) is 6.04 Å². The van der Waals surface area contributed by atoms with Crippen LogP contribution in [0, 0.1) is 0 Å². The monoisotopic (exact) mass is 316 g/mol. The van der Waals surface area contributed by atoms with Crippen molar-refractivity contribution in [3.8, 4) is 0 Å². The zero-order chi connectivity index (χ0) is 13.5. The minimum absolute atomic E-state index is 0.0360. The van der Waals surface area contributed by atoms with Crippen LogP contribution in [0.2, 0.25) is 0 Å². The van der Waals surface area contributed by atoms with E-state index in [0.29, 0.717) is 17.7 Å². The van der Waals surface area contributed by atoms with E-state index in [1.165, 1.54) is 4.90 Å². The molecule has 0 aliphatic carbocycles. The smallest absolute Gasteiger partial charge is 0.407 e. The fraction of sp³-hybridized carbons (Fsp3) is 0.727. The summed E-state index contributed by atoms with van der Waals surface area (Å²) in [5, 5.41) is 13.6. The van der Waals surface area contributed by atoms with E-state index >= 15 is 0 Å². The van der Waals surface area contributed by atoms with Gasteiger partial charge in [-0.2, -0.15) is 0 Å². The number of carbonyl (C=O) groups is 1. The molecule has 100 valence electrons. The Morgan fingerprint density at radius 2 is 2.22 bits per heavy atom. The van der Waals surface area contributed by atoms with Gasteiger partial charge in [0.1, 0.15) is 5.82 Å². The van der Waals surface area contributed by atoms with Crippen molar-refractivity contribution in [2.75, 3.05) is 0 Å². The Hall–Kier alpha value is -1.11. The van der Waals surface area contributed by atoms with E-state index in [0.717, 1.165) is 12.2 Å². The predicted molar refractivity (Wildman–Crippen MR) is 69.4 cm³/mol. The molecule has 1 aromatic heterocycles. The van der Waals surface area contributed by atoms with Gasteiger partial charge in [-0.1, -0.05) is 0 Å². The van der Waals surface area contributed by atoms with Crippen LogP contribution in [0.5, 0.6) is 0 Å².